The van der Waals surface area contributed by atoms with E-state index >= 15 is 0 Å². The molecule has 2 aliphatic rings. The van der Waals surface area contributed by atoms with Gasteiger partial charge in [-0.15, -0.1) is 0 Å². The molecule has 1 N–H and O–H groups in total. The Kier molecular flexibility index (Phi) is 15.8. The second-order valence-electron chi connectivity index (χ2n) is 16.0. The first-order chi connectivity index (χ1) is 34.0. The zero-order valence-electron chi connectivity index (χ0n) is 37.4. The summed E-state index contributed by atoms with van der Waals surface area (Å²) in [4.78, 5) is 83.2. The number of carbonyl (C=O) groups is 6. The minimum absolute atomic E-state index is 0.0515. The highest BCUT2D eigenvalue weighted by Crippen LogP contribution is 2.36. The smallest absolute Gasteiger partial charge is 0.338 e. The van der Waals surface area contributed by atoms with Crippen LogP contribution in [0.5, 0.6) is 0 Å². The van der Waals surface area contributed by atoms with Crippen LogP contribution in [0.25, 0.3) is 0 Å². The van der Waals surface area contributed by atoms with Gasteiger partial charge in [0.2, 0.25) is 0 Å². The van der Waals surface area contributed by atoms with Crippen LogP contribution in [-0.2, 0) is 42.6 Å². The van der Waals surface area contributed by atoms with E-state index in [0.29, 0.717) is 0 Å². The first-order valence-electron chi connectivity index (χ1n) is 22.2. The van der Waals surface area contributed by atoms with E-state index in [2.05, 4.69) is 0 Å². The van der Waals surface area contributed by atoms with Crippen LogP contribution < -0.4 is 0 Å². The maximum Gasteiger partial charge on any atom is 0.338 e. The fraction of sp³-hybridized carbons (Fsp3) is 0.222. The average Bonchev–Trinajstić information content (AvgIpc) is 3.40. The lowest BCUT2D eigenvalue weighted by Crippen LogP contribution is -2.66. The topological polar surface area (TPSA) is 206 Å². The predicted molar refractivity (Wildman–Crippen MR) is 245 cm³/mol. The van der Waals surface area contributed by atoms with E-state index in [0.717, 1.165) is 0 Å². The minimum Gasteiger partial charge on any atom is -0.459 e. The standard InChI is InChI=1S/C54H46O16/c1-33-41(65-48(56)35-22-10-3-11-23-35)43(66-49(57)36-24-12-4-13-25-36)46(69-52(60)39-30-18-7-19-31-39)54(63-33)70-42-40(32-62-47(55)34-20-8-2-9-21-34)64-53(61)45(68-51(59)38-28-16-6-17-29-38)44(42)67-50(58)37-26-14-5-15-27-37/h2-31,33,40-46,53-54,61H,32H2,1H3/t33-,40-,41+,42-,43+,44+,45+,46-,53+,54-/m1/s1. The normalized spacial score (nSPS) is 23.9. The van der Waals surface area contributed by atoms with Gasteiger partial charge in [0.05, 0.1) is 39.5 Å². The second-order valence-corrected chi connectivity index (χ2v) is 16.0. The molecule has 2 aliphatic heterocycles. The Labute approximate surface area is 401 Å². The Balaban J connectivity index is 1.22. The molecule has 0 amide bonds. The van der Waals surface area contributed by atoms with Crippen LogP contribution in [-0.4, -0.2) is 109 Å². The van der Waals surface area contributed by atoms with Crippen LogP contribution in [0.1, 0.15) is 69.1 Å². The van der Waals surface area contributed by atoms with Gasteiger partial charge in [-0.25, -0.2) is 28.8 Å². The van der Waals surface area contributed by atoms with Crippen molar-refractivity contribution in [2.75, 3.05) is 6.61 Å². The largest absolute Gasteiger partial charge is 0.459 e. The van der Waals surface area contributed by atoms with Gasteiger partial charge in [0.1, 0.15) is 18.8 Å². The Morgan fingerprint density at radius 2 is 0.686 bits per heavy atom. The molecule has 0 aromatic heterocycles. The molecular formula is C54H46O16. The summed E-state index contributed by atoms with van der Waals surface area (Å²) in [6.07, 6.45) is -17.1. The number of hydrogen-bond acceptors (Lipinski definition) is 16. The minimum atomic E-state index is -2.04. The Hall–Kier alpha value is -8.02. The van der Waals surface area contributed by atoms with Crippen LogP contribution in [0, 0.1) is 0 Å². The summed E-state index contributed by atoms with van der Waals surface area (Å²) in [6, 6.07) is 47.2. The molecule has 358 valence electrons. The molecule has 0 saturated carbocycles. The fourth-order valence-corrected chi connectivity index (χ4v) is 7.76. The molecule has 2 fully saturated rings. The molecule has 10 atom stereocenters. The van der Waals surface area contributed by atoms with Gasteiger partial charge >= 0.3 is 35.8 Å². The van der Waals surface area contributed by atoms with Crippen molar-refractivity contribution in [1.29, 1.82) is 0 Å². The SMILES string of the molecule is C[C@H]1O[C@H](O[C@H]2[C@H](OC(=O)c3ccccc3)[C@H](OC(=O)c3ccccc3)[C@@H](O)O[C@@H]2COC(=O)c2ccccc2)[C@H](OC(=O)c2ccccc2)[C@@H](OC(=O)c2ccccc2)[C@H]1OC(=O)c1ccccc1. The third kappa shape index (κ3) is 11.8. The summed E-state index contributed by atoms with van der Waals surface area (Å²) in [6.45, 7) is 0.824. The molecule has 2 saturated heterocycles. The summed E-state index contributed by atoms with van der Waals surface area (Å²) >= 11 is 0. The molecule has 0 radical (unpaired) electrons. The molecule has 2 heterocycles. The van der Waals surface area contributed by atoms with Crippen LogP contribution in [0.4, 0.5) is 0 Å². The van der Waals surface area contributed by atoms with E-state index in [1.54, 1.807) is 109 Å². The van der Waals surface area contributed by atoms with E-state index in [4.69, 9.17) is 42.6 Å². The quantitative estimate of drug-likeness (QED) is 0.0828. The van der Waals surface area contributed by atoms with Crippen molar-refractivity contribution in [3.05, 3.63) is 215 Å². The summed E-state index contributed by atoms with van der Waals surface area (Å²) in [5.74, 6) is -5.40. The number of esters is 6. The van der Waals surface area contributed by atoms with Crippen LogP contribution in [0.15, 0.2) is 182 Å². The Morgan fingerprint density at radius 1 is 0.386 bits per heavy atom. The number of aliphatic hydroxyl groups excluding tert-OH is 1. The number of ether oxygens (including phenoxy) is 9. The van der Waals surface area contributed by atoms with Crippen molar-refractivity contribution in [3.63, 3.8) is 0 Å². The van der Waals surface area contributed by atoms with Crippen LogP contribution >= 0.6 is 0 Å². The predicted octanol–water partition coefficient (Wildman–Crippen LogP) is 6.82. The first-order valence-corrected chi connectivity index (χ1v) is 22.2. The number of hydrogen-bond donors (Lipinski definition) is 1. The van der Waals surface area contributed by atoms with E-state index in [1.807, 2.05) is 0 Å². The molecule has 6 aromatic rings. The Morgan fingerprint density at radius 3 is 1.06 bits per heavy atom. The van der Waals surface area contributed by atoms with Gasteiger partial charge in [0, 0.05) is 0 Å². The zero-order chi connectivity index (χ0) is 49.0. The molecule has 8 rings (SSSR count). The second kappa shape index (κ2) is 22.9. The summed E-state index contributed by atoms with van der Waals surface area (Å²) < 4.78 is 55.3. The Bertz CT molecular complexity index is 2710. The van der Waals surface area contributed by atoms with Crippen molar-refractivity contribution in [2.45, 2.75) is 68.3 Å². The summed E-state index contributed by atoms with van der Waals surface area (Å²) in [5, 5.41) is 11.7. The molecule has 6 aromatic carbocycles. The van der Waals surface area contributed by atoms with Gasteiger partial charge in [0.25, 0.3) is 0 Å². The lowest BCUT2D eigenvalue weighted by atomic mass is 9.96. The summed E-state index contributed by atoms with van der Waals surface area (Å²) in [5.41, 5.74) is 0.569. The van der Waals surface area contributed by atoms with E-state index < -0.39 is 104 Å². The van der Waals surface area contributed by atoms with Gasteiger partial charge in [-0.3, -0.25) is 0 Å². The third-order valence-corrected chi connectivity index (χ3v) is 11.3. The highest BCUT2D eigenvalue weighted by molar-refractivity contribution is 5.92. The zero-order valence-corrected chi connectivity index (χ0v) is 37.4. The first kappa shape index (κ1) is 48.4. The van der Waals surface area contributed by atoms with Crippen molar-refractivity contribution in [1.82, 2.24) is 0 Å². The molecule has 0 bridgehead atoms. The average molecular weight is 951 g/mol. The molecule has 16 heteroatoms. The van der Waals surface area contributed by atoms with Gasteiger partial charge in [0.15, 0.2) is 43.1 Å². The summed E-state index contributed by atoms with van der Waals surface area (Å²) in [7, 11) is 0. The number of aliphatic hydroxyl groups is 1. The van der Waals surface area contributed by atoms with Crippen molar-refractivity contribution >= 4 is 35.8 Å². The number of benzene rings is 6. The third-order valence-electron chi connectivity index (χ3n) is 11.3. The maximum atomic E-state index is 14.2. The van der Waals surface area contributed by atoms with Crippen molar-refractivity contribution in [2.24, 2.45) is 0 Å². The molecule has 16 nitrogen and oxygen atoms in total. The fourth-order valence-electron chi connectivity index (χ4n) is 7.76. The van der Waals surface area contributed by atoms with E-state index in [-0.39, 0.29) is 33.4 Å². The molecular weight excluding hydrogens is 905 g/mol. The van der Waals surface area contributed by atoms with Gasteiger partial charge in [-0.2, -0.15) is 0 Å². The monoisotopic (exact) mass is 950 g/mol. The lowest BCUT2D eigenvalue weighted by Gasteiger charge is -2.48. The lowest BCUT2D eigenvalue weighted by molar-refractivity contribution is -0.349. The molecule has 0 unspecified atom stereocenters. The van der Waals surface area contributed by atoms with E-state index in [9.17, 15) is 33.9 Å². The van der Waals surface area contributed by atoms with Crippen LogP contribution in [0.2, 0.25) is 0 Å². The highest BCUT2D eigenvalue weighted by atomic mass is 16.8. The van der Waals surface area contributed by atoms with Crippen molar-refractivity contribution < 1.29 is 76.5 Å². The van der Waals surface area contributed by atoms with Crippen LogP contribution in [0.3, 0.4) is 0 Å². The van der Waals surface area contributed by atoms with Gasteiger partial charge < -0.3 is 47.7 Å². The number of rotatable bonds is 15. The van der Waals surface area contributed by atoms with E-state index in [1.165, 1.54) is 79.7 Å². The number of carbonyl (C=O) groups excluding carboxylic acids is 6. The molecule has 0 spiro atoms. The van der Waals surface area contributed by atoms with Crippen molar-refractivity contribution in [3.8, 4) is 0 Å². The highest BCUT2D eigenvalue weighted by Gasteiger charge is 2.57. The molecule has 0 aliphatic carbocycles. The maximum absolute atomic E-state index is 14.2. The van der Waals surface area contributed by atoms with Gasteiger partial charge in [-0.1, -0.05) is 109 Å². The molecule has 70 heavy (non-hydrogen) atoms. The van der Waals surface area contributed by atoms with Gasteiger partial charge in [-0.05, 0) is 79.7 Å².